The summed E-state index contributed by atoms with van der Waals surface area (Å²) in [6.45, 7) is 20.5. The van der Waals surface area contributed by atoms with Crippen LogP contribution in [0, 0.1) is 13.8 Å². The van der Waals surface area contributed by atoms with Crippen molar-refractivity contribution in [2.75, 3.05) is 18.0 Å². The minimum absolute atomic E-state index is 0.0153. The first-order valence-electron chi connectivity index (χ1n) is 14.3. The molecule has 0 aliphatic carbocycles. The lowest BCUT2D eigenvalue weighted by Crippen LogP contribution is -2.28. The van der Waals surface area contributed by atoms with Crippen LogP contribution in [-0.2, 0) is 10.8 Å². The summed E-state index contributed by atoms with van der Waals surface area (Å²) in [6.07, 6.45) is 12.4. The van der Waals surface area contributed by atoms with Crippen LogP contribution < -0.4 is 4.90 Å². The van der Waals surface area contributed by atoms with Gasteiger partial charge in [-0.2, -0.15) is 4.58 Å². The molecule has 3 aromatic rings. The van der Waals surface area contributed by atoms with Gasteiger partial charge in [-0.15, -0.1) is 0 Å². The Kier molecular flexibility index (Phi) is 6.71. The predicted octanol–water partition coefficient (Wildman–Crippen LogP) is 9.06. The highest BCUT2D eigenvalue weighted by molar-refractivity contribution is 6.03. The van der Waals surface area contributed by atoms with Crippen molar-refractivity contribution in [2.24, 2.45) is 0 Å². The maximum Gasteiger partial charge on any atom is 0.210 e. The highest BCUT2D eigenvalue weighted by Crippen LogP contribution is 2.50. The Hall–Kier alpha value is -3.39. The topological polar surface area (TPSA) is 6.25 Å². The first-order chi connectivity index (χ1) is 18.1. The minimum atomic E-state index is -0.0581. The molecule has 38 heavy (non-hydrogen) atoms. The maximum atomic E-state index is 2.53. The molecule has 0 atom stereocenters. The Morgan fingerprint density at radius 2 is 1.58 bits per heavy atom. The normalized spacial score (nSPS) is 18.9. The molecule has 3 aromatic carbocycles. The van der Waals surface area contributed by atoms with Crippen LogP contribution in [0.2, 0.25) is 0 Å². The summed E-state index contributed by atoms with van der Waals surface area (Å²) in [5.74, 6) is 0. The third kappa shape index (κ3) is 3.97. The Bertz CT molecular complexity index is 1520. The van der Waals surface area contributed by atoms with Crippen LogP contribution in [0.1, 0.15) is 70.2 Å². The number of aryl methyl sites for hydroxylation is 1. The van der Waals surface area contributed by atoms with E-state index in [1.165, 1.54) is 55.8 Å². The van der Waals surface area contributed by atoms with E-state index in [9.17, 15) is 0 Å². The second kappa shape index (κ2) is 9.73. The molecule has 0 aromatic heterocycles. The van der Waals surface area contributed by atoms with Crippen LogP contribution in [0.4, 0.5) is 11.4 Å². The molecule has 0 radical (unpaired) electrons. The lowest BCUT2D eigenvalue weighted by Gasteiger charge is -2.26. The number of rotatable bonds is 6. The number of allylic oxidation sites excluding steroid dienone is 6. The average molecular weight is 504 g/mol. The first-order valence-corrected chi connectivity index (χ1v) is 14.3. The SMILES string of the molecule is CCC[N+]1=C(/C=C/C=C/C=C2/N(CC)c3ccc4ccccc4c3C2(C)C)C(C)(C)c2c1ccc(C)c2C. The van der Waals surface area contributed by atoms with Crippen molar-refractivity contribution in [1.82, 2.24) is 0 Å². The van der Waals surface area contributed by atoms with Gasteiger partial charge in [-0.1, -0.05) is 75.4 Å². The van der Waals surface area contributed by atoms with E-state index in [0.717, 1.165) is 19.5 Å². The number of nitrogens with zero attached hydrogens (tertiary/aromatic N) is 2. The van der Waals surface area contributed by atoms with Crippen LogP contribution in [-0.4, -0.2) is 23.4 Å². The standard InChI is InChI=1S/C36H43N2/c1-9-24-38-29-22-20-25(3)26(4)33(29)35(5,6)32(38)19-13-11-12-18-31-36(7,8)34-28-17-15-14-16-27(28)21-23-30(34)37(31)10-2/h11-23H,9-10,24H2,1-8H3/q+1. The van der Waals surface area contributed by atoms with Crippen LogP contribution in [0.25, 0.3) is 10.8 Å². The molecule has 0 bridgehead atoms. The van der Waals surface area contributed by atoms with Crippen molar-refractivity contribution >= 4 is 27.9 Å². The van der Waals surface area contributed by atoms with Crippen LogP contribution in [0.5, 0.6) is 0 Å². The summed E-state index contributed by atoms with van der Waals surface area (Å²) in [7, 11) is 0. The largest absolute Gasteiger partial charge is 0.344 e. The van der Waals surface area contributed by atoms with Gasteiger partial charge in [0.1, 0.15) is 6.54 Å². The van der Waals surface area contributed by atoms with Crippen molar-refractivity contribution in [1.29, 1.82) is 0 Å². The van der Waals surface area contributed by atoms with Crippen LogP contribution >= 0.6 is 0 Å². The van der Waals surface area contributed by atoms with E-state index in [-0.39, 0.29) is 10.8 Å². The number of anilines is 1. The quantitative estimate of drug-likeness (QED) is 0.240. The Morgan fingerprint density at radius 1 is 0.816 bits per heavy atom. The van der Waals surface area contributed by atoms with Crippen molar-refractivity contribution in [3.8, 4) is 0 Å². The zero-order valence-corrected chi connectivity index (χ0v) is 24.5. The molecule has 2 aliphatic heterocycles. The monoisotopic (exact) mass is 503 g/mol. The summed E-state index contributed by atoms with van der Waals surface area (Å²) >= 11 is 0. The van der Waals surface area contributed by atoms with Crippen LogP contribution in [0.3, 0.4) is 0 Å². The molecule has 0 spiro atoms. The maximum absolute atomic E-state index is 2.53. The van der Waals surface area contributed by atoms with Gasteiger partial charge in [0.15, 0.2) is 5.71 Å². The lowest BCUT2D eigenvalue weighted by molar-refractivity contribution is -0.437. The fraction of sp³-hybridized carbons (Fsp3) is 0.361. The van der Waals surface area contributed by atoms with Gasteiger partial charge in [0.25, 0.3) is 0 Å². The highest BCUT2D eigenvalue weighted by Gasteiger charge is 2.45. The van der Waals surface area contributed by atoms with Crippen molar-refractivity contribution in [3.05, 3.63) is 107 Å². The fourth-order valence-electron chi connectivity index (χ4n) is 6.91. The van der Waals surface area contributed by atoms with Gasteiger partial charge in [-0.25, -0.2) is 0 Å². The van der Waals surface area contributed by atoms with Gasteiger partial charge in [-0.05, 0) is 74.2 Å². The zero-order chi connectivity index (χ0) is 27.2. The van der Waals surface area contributed by atoms with Gasteiger partial charge >= 0.3 is 0 Å². The molecule has 2 heteroatoms. The summed E-state index contributed by atoms with van der Waals surface area (Å²) in [5, 5.41) is 2.68. The third-order valence-corrected chi connectivity index (χ3v) is 8.81. The molecule has 2 aliphatic rings. The van der Waals surface area contributed by atoms with Gasteiger partial charge in [-0.3, -0.25) is 0 Å². The van der Waals surface area contributed by atoms with Gasteiger partial charge in [0, 0.05) is 47.5 Å². The Morgan fingerprint density at radius 3 is 2.32 bits per heavy atom. The molecular formula is C36H43N2+. The van der Waals surface area contributed by atoms with E-state index in [1.807, 2.05) is 0 Å². The molecule has 0 unspecified atom stereocenters. The molecule has 5 rings (SSSR count). The van der Waals surface area contributed by atoms with E-state index >= 15 is 0 Å². The molecule has 2 heterocycles. The number of hydrogen-bond donors (Lipinski definition) is 0. The van der Waals surface area contributed by atoms with E-state index < -0.39 is 0 Å². The van der Waals surface area contributed by atoms with Gasteiger partial charge in [0.05, 0.1) is 5.41 Å². The Labute approximate surface area is 229 Å². The average Bonchev–Trinajstić information content (AvgIpc) is 3.24. The second-order valence-corrected chi connectivity index (χ2v) is 11.9. The summed E-state index contributed by atoms with van der Waals surface area (Å²) in [5.41, 5.74) is 11.1. The summed E-state index contributed by atoms with van der Waals surface area (Å²) in [6, 6.07) is 17.9. The number of benzene rings is 3. The first kappa shape index (κ1) is 26.2. The fourth-order valence-corrected chi connectivity index (χ4v) is 6.91. The van der Waals surface area contributed by atoms with Crippen LogP contribution in [0.15, 0.2) is 84.6 Å². The molecule has 196 valence electrons. The lowest BCUT2D eigenvalue weighted by atomic mass is 9.78. The number of likely N-dealkylation sites (N-methyl/N-ethyl adjacent to an activating group) is 1. The number of hydrogen-bond acceptors (Lipinski definition) is 1. The smallest absolute Gasteiger partial charge is 0.210 e. The molecular weight excluding hydrogens is 460 g/mol. The third-order valence-electron chi connectivity index (χ3n) is 8.81. The van der Waals surface area contributed by atoms with Crippen molar-refractivity contribution in [3.63, 3.8) is 0 Å². The Balaban J connectivity index is 1.48. The highest BCUT2D eigenvalue weighted by atomic mass is 15.2. The number of fused-ring (bicyclic) bond motifs is 4. The van der Waals surface area contributed by atoms with E-state index in [1.54, 1.807) is 0 Å². The molecule has 0 fully saturated rings. The predicted molar refractivity (Wildman–Crippen MR) is 165 cm³/mol. The molecule has 0 saturated carbocycles. The molecule has 2 nitrogen and oxygen atoms in total. The van der Waals surface area contributed by atoms with Crippen molar-refractivity contribution < 1.29 is 4.58 Å². The summed E-state index contributed by atoms with van der Waals surface area (Å²) < 4.78 is 2.53. The van der Waals surface area contributed by atoms with Crippen molar-refractivity contribution in [2.45, 2.75) is 72.6 Å². The van der Waals surface area contributed by atoms with E-state index in [2.05, 4.69) is 144 Å². The minimum Gasteiger partial charge on any atom is -0.344 e. The zero-order valence-electron chi connectivity index (χ0n) is 24.5. The van der Waals surface area contributed by atoms with Gasteiger partial charge in [0.2, 0.25) is 5.69 Å². The summed E-state index contributed by atoms with van der Waals surface area (Å²) in [4.78, 5) is 2.48. The molecule has 0 N–H and O–H groups in total. The second-order valence-electron chi connectivity index (χ2n) is 11.9. The van der Waals surface area contributed by atoms with E-state index in [4.69, 9.17) is 0 Å². The van der Waals surface area contributed by atoms with Gasteiger partial charge < -0.3 is 4.90 Å². The van der Waals surface area contributed by atoms with E-state index in [0.29, 0.717) is 0 Å². The molecule has 0 saturated heterocycles. The molecule has 0 amide bonds.